The molecule has 6 atom stereocenters. The fourth-order valence-electron chi connectivity index (χ4n) is 10.4. The van der Waals surface area contributed by atoms with Crippen LogP contribution in [0.25, 0.3) is 0 Å². The van der Waals surface area contributed by atoms with E-state index in [0.29, 0.717) is 31.8 Å². The van der Waals surface area contributed by atoms with E-state index < -0.39 is 23.8 Å². The number of nitrogens with zero attached hydrogens (tertiary/aromatic N) is 3. The molecule has 1 saturated carbocycles. The van der Waals surface area contributed by atoms with Crippen LogP contribution in [0.3, 0.4) is 0 Å². The van der Waals surface area contributed by atoms with Crippen LogP contribution in [0, 0.1) is 23.6 Å². The van der Waals surface area contributed by atoms with E-state index in [1.54, 1.807) is 23.1 Å². The second-order valence-electron chi connectivity index (χ2n) is 18.4. The lowest BCUT2D eigenvalue weighted by Crippen LogP contribution is -2.70. The molecule has 2 aromatic rings. The van der Waals surface area contributed by atoms with Gasteiger partial charge in [-0.2, -0.15) is 0 Å². The van der Waals surface area contributed by atoms with Gasteiger partial charge in [-0.25, -0.2) is 9.18 Å². The Balaban J connectivity index is 1.41. The summed E-state index contributed by atoms with van der Waals surface area (Å²) in [5.41, 5.74) is 3.43. The Hall–Kier alpha value is -3.97. The topological polar surface area (TPSA) is 122 Å². The van der Waals surface area contributed by atoms with Crippen LogP contribution in [-0.2, 0) is 20.9 Å². The van der Waals surface area contributed by atoms with E-state index in [9.17, 15) is 19.4 Å². The van der Waals surface area contributed by atoms with Crippen LogP contribution < -0.4 is 9.47 Å². The predicted octanol–water partition coefficient (Wildman–Crippen LogP) is 10.7. The minimum absolute atomic E-state index is 0.0807. The molecule has 1 amide bonds. The van der Waals surface area contributed by atoms with E-state index in [2.05, 4.69) is 30.5 Å². The Labute approximate surface area is 388 Å². The van der Waals surface area contributed by atoms with Crippen molar-refractivity contribution in [3.63, 3.8) is 0 Å². The average molecular weight is 904 g/mol. The highest BCUT2D eigenvalue weighted by atomic mass is 19.1. The number of ether oxygens (including phenoxy) is 4. The van der Waals surface area contributed by atoms with Gasteiger partial charge in [0.05, 0.1) is 24.8 Å². The van der Waals surface area contributed by atoms with Gasteiger partial charge in [0.15, 0.2) is 0 Å². The third-order valence-electron chi connectivity index (χ3n) is 13.8. The van der Waals surface area contributed by atoms with Gasteiger partial charge in [0.1, 0.15) is 36.6 Å². The fourth-order valence-corrected chi connectivity index (χ4v) is 10.4. The summed E-state index contributed by atoms with van der Waals surface area (Å²) in [6.07, 6.45) is 20.2. The number of aliphatic hydroxyl groups is 2. The highest BCUT2D eigenvalue weighted by Crippen LogP contribution is 2.62. The predicted molar refractivity (Wildman–Crippen MR) is 254 cm³/mol. The fraction of sp³-hybridized carbons (Fsp3) is 0.660. The molecule has 2 aliphatic heterocycles. The quantitative estimate of drug-likeness (QED) is 0.0330. The number of hydrogen-bond donors (Lipinski definition) is 2. The molecule has 4 aliphatic rings. The molecule has 6 rings (SSSR count). The molecule has 6 unspecified atom stereocenters. The van der Waals surface area contributed by atoms with Crippen molar-refractivity contribution < 1.29 is 43.2 Å². The van der Waals surface area contributed by atoms with Gasteiger partial charge in [-0.3, -0.25) is 9.80 Å². The molecule has 360 valence electrons. The van der Waals surface area contributed by atoms with Gasteiger partial charge in [-0.15, -0.1) is 6.58 Å². The number of halogens is 1. The number of benzene rings is 2. The lowest BCUT2D eigenvalue weighted by atomic mass is 9.55. The second-order valence-corrected chi connectivity index (χ2v) is 18.4. The second kappa shape index (κ2) is 26.4. The summed E-state index contributed by atoms with van der Waals surface area (Å²) in [6, 6.07) is 11.5. The highest BCUT2D eigenvalue weighted by molar-refractivity contribution is 6.03. The number of rotatable bonds is 31. The maximum Gasteiger partial charge on any atom is 0.410 e. The first-order valence-corrected chi connectivity index (χ1v) is 25.1. The number of unbranched alkanes of at least 4 members (excludes halogenated alkanes) is 11. The van der Waals surface area contributed by atoms with Crippen molar-refractivity contribution in [1.29, 1.82) is 0 Å². The molecule has 2 aliphatic carbocycles. The summed E-state index contributed by atoms with van der Waals surface area (Å²) in [5, 5.41) is 24.7. The number of oxime groups is 1. The van der Waals surface area contributed by atoms with Gasteiger partial charge >= 0.3 is 6.09 Å². The maximum absolute atomic E-state index is 14.9. The van der Waals surface area contributed by atoms with E-state index in [-0.39, 0.29) is 63.0 Å². The summed E-state index contributed by atoms with van der Waals surface area (Å²) in [7, 11) is 0. The van der Waals surface area contributed by atoms with Crippen molar-refractivity contribution in [3.05, 3.63) is 83.7 Å². The zero-order chi connectivity index (χ0) is 45.9. The molecular weight excluding hydrogens is 826 g/mol. The number of fused-ring (bicyclic) bond motifs is 2. The van der Waals surface area contributed by atoms with E-state index >= 15 is 0 Å². The average Bonchev–Trinajstić information content (AvgIpc) is 4.15. The zero-order valence-corrected chi connectivity index (χ0v) is 39.4. The highest BCUT2D eigenvalue weighted by Gasteiger charge is 2.65. The van der Waals surface area contributed by atoms with Gasteiger partial charge in [-0.05, 0) is 92.3 Å². The third-order valence-corrected chi connectivity index (χ3v) is 13.8. The molecular formula is C53H78FN3O8. The molecule has 65 heavy (non-hydrogen) atoms. The van der Waals surface area contributed by atoms with Gasteiger partial charge in [0.2, 0.25) is 5.79 Å². The number of hydrogen-bond acceptors (Lipinski definition) is 10. The molecule has 2 heterocycles. The molecule has 0 spiro atoms. The molecule has 0 bridgehead atoms. The van der Waals surface area contributed by atoms with E-state index in [1.807, 2.05) is 19.1 Å². The first-order valence-electron chi connectivity index (χ1n) is 25.1. The Morgan fingerprint density at radius 1 is 0.923 bits per heavy atom. The number of carbonyl (C=O) groups is 1. The van der Waals surface area contributed by atoms with Crippen molar-refractivity contribution in [1.82, 2.24) is 9.80 Å². The molecule has 1 saturated heterocycles. The molecule has 2 N–H and O–H groups in total. The largest absolute Gasteiger partial charge is 0.492 e. The lowest BCUT2D eigenvalue weighted by Gasteiger charge is -2.59. The minimum atomic E-state index is -1.44. The Bertz CT molecular complexity index is 1820. The van der Waals surface area contributed by atoms with Crippen LogP contribution in [-0.4, -0.2) is 103 Å². The standard InChI is InChI=1S/C53H78FN3O8/c1-4-7-8-9-10-11-12-13-14-19-34-62-52(60)57(39-40-22-24-42(54)25-23-40)49-38-47(55-64-6-3)45-36-41(20-15-17-31-58)44(21-16-18-32-59)50-46-37-43(61-35-30-56-28-29-56)26-27-48(46)65-53(49,51(45)50)63-33-5-2/h5,22-27,36-37,41,44,49-51,58-59H,2,4,6-21,28-35,38-39H2,1,3H3. The Morgan fingerprint density at radius 2 is 1.63 bits per heavy atom. The smallest absolute Gasteiger partial charge is 0.410 e. The zero-order valence-electron chi connectivity index (χ0n) is 39.4. The molecule has 0 aromatic heterocycles. The molecule has 11 nitrogen and oxygen atoms in total. The molecule has 12 heteroatoms. The Kier molecular flexibility index (Phi) is 20.5. The van der Waals surface area contributed by atoms with Gasteiger partial charge < -0.3 is 34.0 Å². The summed E-state index contributed by atoms with van der Waals surface area (Å²) in [5.74, 6) is -0.826. The minimum Gasteiger partial charge on any atom is -0.492 e. The maximum atomic E-state index is 14.9. The summed E-state index contributed by atoms with van der Waals surface area (Å²) in [6.45, 7) is 12.9. The number of carbonyl (C=O) groups excluding carboxylic acids is 1. The normalized spacial score (nSPS) is 23.8. The summed E-state index contributed by atoms with van der Waals surface area (Å²) >= 11 is 0. The molecule has 2 fully saturated rings. The van der Waals surface area contributed by atoms with E-state index in [0.717, 1.165) is 92.7 Å². The van der Waals surface area contributed by atoms with Crippen molar-refractivity contribution in [3.8, 4) is 11.5 Å². The van der Waals surface area contributed by atoms with Crippen LogP contribution in [0.15, 0.2) is 71.9 Å². The number of allylic oxidation sites excluding steroid dienone is 1. The summed E-state index contributed by atoms with van der Waals surface area (Å²) in [4.78, 5) is 24.8. The van der Waals surface area contributed by atoms with Crippen LogP contribution in [0.4, 0.5) is 9.18 Å². The summed E-state index contributed by atoms with van der Waals surface area (Å²) < 4.78 is 41.5. The van der Waals surface area contributed by atoms with Crippen LogP contribution in [0.2, 0.25) is 0 Å². The first-order chi connectivity index (χ1) is 31.9. The molecule has 2 aromatic carbocycles. The first kappa shape index (κ1) is 50.4. The lowest BCUT2D eigenvalue weighted by molar-refractivity contribution is -0.256. The number of amides is 1. The third kappa shape index (κ3) is 13.8. The SMILES string of the molecule is C=CCOC12Oc3ccc(OCCN4CC4)cc3C3C(CCCCO)C(CCCCO)C=C(C(=NOCC)CC1N(Cc1ccc(F)cc1)C(=O)OCCCCCCCCCCCC)C32. The van der Waals surface area contributed by atoms with Crippen LogP contribution in [0.1, 0.15) is 140 Å². The van der Waals surface area contributed by atoms with Crippen molar-refractivity contribution >= 4 is 11.8 Å². The molecule has 0 radical (unpaired) electrons. The van der Waals surface area contributed by atoms with Gasteiger partial charge in [0, 0.05) is 57.3 Å². The van der Waals surface area contributed by atoms with Crippen LogP contribution in [0.5, 0.6) is 11.5 Å². The van der Waals surface area contributed by atoms with E-state index in [1.165, 1.54) is 57.1 Å². The van der Waals surface area contributed by atoms with E-state index in [4.69, 9.17) is 28.9 Å². The van der Waals surface area contributed by atoms with Crippen molar-refractivity contribution in [2.24, 2.45) is 22.9 Å². The van der Waals surface area contributed by atoms with Crippen molar-refractivity contribution in [2.75, 3.05) is 59.3 Å². The monoisotopic (exact) mass is 904 g/mol. The van der Waals surface area contributed by atoms with Gasteiger partial charge in [0.25, 0.3) is 0 Å². The Morgan fingerprint density at radius 3 is 2.31 bits per heavy atom. The van der Waals surface area contributed by atoms with Crippen LogP contribution >= 0.6 is 0 Å². The number of aliphatic hydroxyl groups excluding tert-OH is 2. The van der Waals surface area contributed by atoms with Gasteiger partial charge in [-0.1, -0.05) is 107 Å². The van der Waals surface area contributed by atoms with Crippen molar-refractivity contribution in [2.45, 2.75) is 147 Å².